The van der Waals surface area contributed by atoms with Gasteiger partial charge in [0.25, 0.3) is 0 Å². The maximum absolute atomic E-state index is 9.92. The van der Waals surface area contributed by atoms with Crippen LogP contribution in [0.15, 0.2) is 36.4 Å². The fourth-order valence-electron chi connectivity index (χ4n) is 6.04. The normalized spacial score (nSPS) is 19.4. The zero-order chi connectivity index (χ0) is 26.6. The molecule has 0 saturated heterocycles. The van der Waals surface area contributed by atoms with Crippen molar-refractivity contribution in [2.45, 2.75) is 124 Å². The Morgan fingerprint density at radius 2 is 1.11 bits per heavy atom. The summed E-state index contributed by atoms with van der Waals surface area (Å²) in [5.74, 6) is 3.61. The first-order chi connectivity index (χ1) is 17.0. The largest absolute Gasteiger partial charge is 0.396 e. The van der Waals surface area contributed by atoms with E-state index in [4.69, 9.17) is 0 Å². The summed E-state index contributed by atoms with van der Waals surface area (Å²) in [6.45, 7) is 21.5. The van der Waals surface area contributed by atoms with E-state index in [0.717, 1.165) is 24.7 Å². The summed E-state index contributed by atoms with van der Waals surface area (Å²) in [6, 6.07) is 15.2. The Bertz CT molecular complexity index is 857. The van der Waals surface area contributed by atoms with Crippen LogP contribution in [-0.2, 0) is 0 Å². The zero-order valence-corrected chi connectivity index (χ0v) is 25.5. The fourth-order valence-corrected chi connectivity index (χ4v) is 9.53. The van der Waals surface area contributed by atoms with Gasteiger partial charge in [-0.3, -0.25) is 0 Å². The van der Waals surface area contributed by atoms with Crippen LogP contribution < -0.4 is 10.6 Å². The molecule has 0 bridgehead atoms. The minimum Gasteiger partial charge on any atom is -0.396 e. The van der Waals surface area contributed by atoms with Gasteiger partial charge < -0.3 is 5.11 Å². The van der Waals surface area contributed by atoms with Crippen molar-refractivity contribution in [3.8, 4) is 0 Å². The van der Waals surface area contributed by atoms with Gasteiger partial charge in [0.1, 0.15) is 0 Å². The zero-order valence-electron chi connectivity index (χ0n) is 24.6. The Labute approximate surface area is 224 Å². The number of aliphatic hydroxyl groups is 1. The third-order valence-corrected chi connectivity index (χ3v) is 11.5. The van der Waals surface area contributed by atoms with Gasteiger partial charge in [0.15, 0.2) is 0 Å². The molecule has 2 aromatic rings. The van der Waals surface area contributed by atoms with E-state index < -0.39 is 7.92 Å². The number of aliphatic hydroxyl groups excluding tert-OH is 1. The van der Waals surface area contributed by atoms with E-state index in [0.29, 0.717) is 35.9 Å². The van der Waals surface area contributed by atoms with Crippen LogP contribution in [0.4, 0.5) is 0 Å². The molecular formula is C34H53OP. The van der Waals surface area contributed by atoms with Gasteiger partial charge in [-0.25, -0.2) is 0 Å². The molecule has 2 heteroatoms. The van der Waals surface area contributed by atoms with Crippen molar-refractivity contribution in [3.05, 3.63) is 58.7 Å². The number of rotatable bonds is 11. The van der Waals surface area contributed by atoms with Crippen LogP contribution in [0.5, 0.6) is 0 Å². The number of hydrogen-bond donors (Lipinski definition) is 1. The molecule has 0 aromatic heterocycles. The Hall–Kier alpha value is -1.17. The molecule has 0 spiro atoms. The second-order valence-corrected chi connectivity index (χ2v) is 15.1. The summed E-state index contributed by atoms with van der Waals surface area (Å²) in [6.07, 6.45) is 6.10. The average Bonchev–Trinajstić information content (AvgIpc) is 3.26. The van der Waals surface area contributed by atoms with Gasteiger partial charge >= 0.3 is 0 Å². The lowest BCUT2D eigenvalue weighted by Gasteiger charge is -2.36. The second kappa shape index (κ2) is 13.1. The number of hydrogen-bond acceptors (Lipinski definition) is 1. The highest BCUT2D eigenvalue weighted by Gasteiger charge is 2.37. The summed E-state index contributed by atoms with van der Waals surface area (Å²) < 4.78 is 0. The summed E-state index contributed by atoms with van der Waals surface area (Å²) in [5, 5.41) is 13.1. The Kier molecular flexibility index (Phi) is 10.7. The molecule has 1 N–H and O–H groups in total. The average molecular weight is 509 g/mol. The van der Waals surface area contributed by atoms with Gasteiger partial charge in [-0.05, 0) is 101 Å². The molecule has 3 rings (SSSR count). The molecule has 0 amide bonds. The molecule has 1 aliphatic rings. The lowest BCUT2D eigenvalue weighted by atomic mass is 9.92. The maximum Gasteiger partial charge on any atom is 0.0431 e. The topological polar surface area (TPSA) is 20.2 Å². The summed E-state index contributed by atoms with van der Waals surface area (Å²) in [7, 11) is -0.539. The highest BCUT2D eigenvalue weighted by atomic mass is 31.1. The van der Waals surface area contributed by atoms with Gasteiger partial charge in [-0.2, -0.15) is 0 Å². The smallest absolute Gasteiger partial charge is 0.0431 e. The van der Waals surface area contributed by atoms with E-state index in [2.05, 4.69) is 98.7 Å². The summed E-state index contributed by atoms with van der Waals surface area (Å²) in [5.41, 5.74) is 6.54. The third-order valence-electron chi connectivity index (χ3n) is 8.56. The number of benzene rings is 2. The second-order valence-electron chi connectivity index (χ2n) is 12.7. The molecule has 0 heterocycles. The standard InChI is InChI=1S/C34H53OP/c1-22(2)27-16-28(23(3)4)19-31(18-27)36(34(14-11-15-35)33-13-10-12-26(33)9)32-20-29(24(5)6)17-30(21-32)25(7)8/h16-26,33-35H,10-15H2,1-9H3/t26?,33?,34-/m1/s1. The molecule has 2 aromatic carbocycles. The minimum absolute atomic E-state index is 0.299. The first kappa shape index (κ1) is 29.4. The molecule has 1 fully saturated rings. The first-order valence-corrected chi connectivity index (χ1v) is 16.1. The fraction of sp³-hybridized carbons (Fsp3) is 0.647. The van der Waals surface area contributed by atoms with E-state index in [1.807, 2.05) is 0 Å². The Morgan fingerprint density at radius 1 is 0.694 bits per heavy atom. The molecule has 1 saturated carbocycles. The van der Waals surface area contributed by atoms with Crippen molar-refractivity contribution in [1.82, 2.24) is 0 Å². The van der Waals surface area contributed by atoms with E-state index in [1.54, 1.807) is 10.6 Å². The van der Waals surface area contributed by atoms with Crippen molar-refractivity contribution in [3.63, 3.8) is 0 Å². The van der Waals surface area contributed by atoms with E-state index in [1.165, 1.54) is 41.5 Å². The van der Waals surface area contributed by atoms with Gasteiger partial charge in [0.05, 0.1) is 0 Å². The highest BCUT2D eigenvalue weighted by molar-refractivity contribution is 7.73. The molecule has 0 aliphatic heterocycles. The Balaban J connectivity index is 2.30. The minimum atomic E-state index is -0.539. The quantitative estimate of drug-likeness (QED) is 0.300. The van der Waals surface area contributed by atoms with E-state index in [9.17, 15) is 5.11 Å². The molecule has 36 heavy (non-hydrogen) atoms. The van der Waals surface area contributed by atoms with Crippen LogP contribution in [0.1, 0.15) is 140 Å². The Morgan fingerprint density at radius 3 is 1.42 bits per heavy atom. The van der Waals surface area contributed by atoms with Crippen LogP contribution in [0, 0.1) is 11.8 Å². The van der Waals surface area contributed by atoms with Crippen LogP contribution in [-0.4, -0.2) is 17.4 Å². The predicted molar refractivity (Wildman–Crippen MR) is 162 cm³/mol. The van der Waals surface area contributed by atoms with Gasteiger partial charge in [-0.1, -0.05) is 112 Å². The van der Waals surface area contributed by atoms with Crippen molar-refractivity contribution in [1.29, 1.82) is 0 Å². The third kappa shape index (κ3) is 7.02. The summed E-state index contributed by atoms with van der Waals surface area (Å²) in [4.78, 5) is 0. The van der Waals surface area contributed by atoms with Crippen molar-refractivity contribution >= 4 is 18.5 Å². The first-order valence-electron chi connectivity index (χ1n) is 14.7. The van der Waals surface area contributed by atoms with Gasteiger partial charge in [-0.15, -0.1) is 0 Å². The lowest BCUT2D eigenvalue weighted by molar-refractivity contribution is 0.274. The van der Waals surface area contributed by atoms with Crippen LogP contribution >= 0.6 is 7.92 Å². The molecule has 1 aliphatic carbocycles. The van der Waals surface area contributed by atoms with Crippen LogP contribution in [0.2, 0.25) is 0 Å². The highest BCUT2D eigenvalue weighted by Crippen LogP contribution is 2.52. The van der Waals surface area contributed by atoms with Crippen LogP contribution in [0.25, 0.3) is 0 Å². The monoisotopic (exact) mass is 508 g/mol. The van der Waals surface area contributed by atoms with Crippen molar-refractivity contribution in [2.24, 2.45) is 11.8 Å². The lowest BCUT2D eigenvalue weighted by Crippen LogP contribution is -2.31. The molecule has 0 radical (unpaired) electrons. The van der Waals surface area contributed by atoms with E-state index in [-0.39, 0.29) is 0 Å². The van der Waals surface area contributed by atoms with Gasteiger partial charge in [0.2, 0.25) is 0 Å². The SMILES string of the molecule is CC(C)c1cc(C(C)C)cc(P(c2cc(C(C)C)cc(C(C)C)c2)[C@H](CCCO)C2CCCC2C)c1. The molecule has 3 atom stereocenters. The van der Waals surface area contributed by atoms with Crippen molar-refractivity contribution < 1.29 is 5.11 Å². The molecule has 200 valence electrons. The van der Waals surface area contributed by atoms with Crippen molar-refractivity contribution in [2.75, 3.05) is 6.61 Å². The summed E-state index contributed by atoms with van der Waals surface area (Å²) >= 11 is 0. The molecule has 2 unspecified atom stereocenters. The van der Waals surface area contributed by atoms with Crippen LogP contribution in [0.3, 0.4) is 0 Å². The van der Waals surface area contributed by atoms with E-state index >= 15 is 0 Å². The predicted octanol–water partition coefficient (Wildman–Crippen LogP) is 9.19. The molecular weight excluding hydrogens is 455 g/mol. The molecule has 1 nitrogen and oxygen atoms in total. The maximum atomic E-state index is 9.92. The van der Waals surface area contributed by atoms with Gasteiger partial charge in [0, 0.05) is 6.61 Å².